The molecule has 0 fully saturated rings. The van der Waals surface area contributed by atoms with Crippen molar-refractivity contribution in [2.24, 2.45) is 0 Å². The fourth-order valence-corrected chi connectivity index (χ4v) is 11.3. The molecule has 11 rings (SSSR count). The minimum atomic E-state index is -0.115. The van der Waals surface area contributed by atoms with E-state index in [1.807, 2.05) is 6.20 Å². The predicted molar refractivity (Wildman–Crippen MR) is 340 cm³/mol. The third-order valence-electron chi connectivity index (χ3n) is 16.4. The van der Waals surface area contributed by atoms with Crippen molar-refractivity contribution in [3.63, 3.8) is 0 Å². The number of pyridine rings is 1. The Morgan fingerprint density at radius 1 is 0.287 bits per heavy atom. The van der Waals surface area contributed by atoms with Gasteiger partial charge in [-0.05, 0) is 151 Å². The molecule has 0 aliphatic carbocycles. The zero-order valence-corrected chi connectivity index (χ0v) is 50.7. The lowest BCUT2D eigenvalue weighted by Gasteiger charge is -2.26. The number of hydrogen-bond donors (Lipinski definition) is 0. The van der Waals surface area contributed by atoms with Crippen LogP contribution in [0.2, 0.25) is 0 Å². The van der Waals surface area contributed by atoms with Crippen LogP contribution >= 0.6 is 0 Å². The number of fused-ring (bicyclic) bond motifs is 6. The molecule has 0 saturated carbocycles. The molecule has 0 radical (unpaired) electrons. The highest BCUT2D eigenvalue weighted by Crippen LogP contribution is 2.44. The van der Waals surface area contributed by atoms with Crippen LogP contribution < -0.4 is 0 Å². The minimum absolute atomic E-state index is 0.0200. The molecule has 6 heteroatoms. The molecule has 0 N–H and O–H groups in total. The van der Waals surface area contributed by atoms with E-state index in [0.717, 1.165) is 61.3 Å². The molecular formula is C74H80N6. The van der Waals surface area contributed by atoms with Gasteiger partial charge in [0.25, 0.3) is 0 Å². The molecule has 7 aromatic carbocycles. The molecule has 0 aliphatic rings. The number of rotatable bonds is 6. The molecule has 6 nitrogen and oxygen atoms in total. The smallest absolute Gasteiger partial charge is 0.164 e. The van der Waals surface area contributed by atoms with Gasteiger partial charge in [-0.15, -0.1) is 0 Å². The number of hydrogen-bond acceptors (Lipinski definition) is 4. The Kier molecular flexibility index (Phi) is 12.9. The Morgan fingerprint density at radius 2 is 0.650 bits per heavy atom. The quantitative estimate of drug-likeness (QED) is 0.166. The van der Waals surface area contributed by atoms with E-state index >= 15 is 0 Å². The Labute approximate surface area is 475 Å². The van der Waals surface area contributed by atoms with Crippen LogP contribution in [-0.2, 0) is 32.5 Å². The van der Waals surface area contributed by atoms with Crippen molar-refractivity contribution >= 4 is 43.6 Å². The van der Waals surface area contributed by atoms with Crippen molar-refractivity contribution in [2.45, 2.75) is 157 Å². The third kappa shape index (κ3) is 9.94. The Bertz CT molecular complexity index is 4070. The molecule has 4 aromatic heterocycles. The maximum absolute atomic E-state index is 5.58. The largest absolute Gasteiger partial charge is 0.309 e. The van der Waals surface area contributed by atoms with Gasteiger partial charge in [0.1, 0.15) is 0 Å². The van der Waals surface area contributed by atoms with Gasteiger partial charge in [0.2, 0.25) is 0 Å². The fraction of sp³-hybridized carbons (Fsp3) is 0.324. The van der Waals surface area contributed by atoms with Gasteiger partial charge >= 0.3 is 0 Å². The summed E-state index contributed by atoms with van der Waals surface area (Å²) in [5, 5.41) is 4.86. The first-order chi connectivity index (χ1) is 37.4. The average Bonchev–Trinajstić information content (AvgIpc) is 3.99. The summed E-state index contributed by atoms with van der Waals surface area (Å²) in [6.45, 7) is 41.2. The van der Waals surface area contributed by atoms with Crippen molar-refractivity contribution in [3.05, 3.63) is 191 Å². The molecule has 80 heavy (non-hydrogen) atoms. The van der Waals surface area contributed by atoms with E-state index in [9.17, 15) is 0 Å². The maximum atomic E-state index is 5.58. The number of benzene rings is 7. The average molecular weight is 1050 g/mol. The summed E-state index contributed by atoms with van der Waals surface area (Å²) >= 11 is 0. The fourth-order valence-electron chi connectivity index (χ4n) is 11.3. The van der Waals surface area contributed by atoms with Crippen molar-refractivity contribution in [2.75, 3.05) is 0 Å². The van der Waals surface area contributed by atoms with E-state index in [1.54, 1.807) is 0 Å². The predicted octanol–water partition coefficient (Wildman–Crippen LogP) is 19.9. The summed E-state index contributed by atoms with van der Waals surface area (Å²) in [5.74, 6) is 1.89. The lowest BCUT2D eigenvalue weighted by molar-refractivity contribution is 0.568. The zero-order valence-electron chi connectivity index (χ0n) is 50.7. The topological polar surface area (TPSA) is 61.4 Å². The molecule has 0 aliphatic heterocycles. The summed E-state index contributed by atoms with van der Waals surface area (Å²) in [6, 6.07) is 54.6. The third-order valence-corrected chi connectivity index (χ3v) is 16.4. The van der Waals surface area contributed by atoms with Gasteiger partial charge in [0.05, 0.1) is 33.4 Å². The van der Waals surface area contributed by atoms with Gasteiger partial charge in [-0.1, -0.05) is 185 Å². The van der Waals surface area contributed by atoms with Gasteiger partial charge in [0.15, 0.2) is 17.5 Å². The van der Waals surface area contributed by atoms with E-state index in [0.29, 0.717) is 17.5 Å². The van der Waals surface area contributed by atoms with Gasteiger partial charge in [-0.2, -0.15) is 0 Å². The van der Waals surface area contributed by atoms with Crippen LogP contribution in [0.1, 0.15) is 158 Å². The van der Waals surface area contributed by atoms with E-state index in [-0.39, 0.29) is 32.5 Å². The molecule has 0 spiro atoms. The summed E-state index contributed by atoms with van der Waals surface area (Å²) in [4.78, 5) is 21.7. The highest BCUT2D eigenvalue weighted by Gasteiger charge is 2.28. The lowest BCUT2D eigenvalue weighted by Crippen LogP contribution is -2.17. The molecule has 4 heterocycles. The summed E-state index contributed by atoms with van der Waals surface area (Å²) in [5.41, 5.74) is 18.5. The molecule has 406 valence electrons. The number of para-hydroxylation sites is 2. The first-order valence-corrected chi connectivity index (χ1v) is 28.7. The van der Waals surface area contributed by atoms with Crippen LogP contribution in [0.25, 0.3) is 100 Å². The molecule has 0 atom stereocenters. The summed E-state index contributed by atoms with van der Waals surface area (Å²) in [7, 11) is 0. The first-order valence-electron chi connectivity index (χ1n) is 28.7. The van der Waals surface area contributed by atoms with Crippen LogP contribution in [0.4, 0.5) is 0 Å². The van der Waals surface area contributed by atoms with Gasteiger partial charge in [-0.25, -0.2) is 15.0 Å². The highest BCUT2D eigenvalue weighted by molar-refractivity contribution is 6.12. The SMILES string of the molecule is CC(C)(C)c1cc(-c2nc(-c3cc(C(C)(C)C)cc(C(C)(C)C)c3)nc(-c3ccc(-n4c5ccccc5c5cc(C(C)(C)C)ccc54)c(-c4cnccc4-n4c5ccccc5c5cc(C(C)(C)C)ccc54)c3)n2)cc(C(C)(C)C)c1. The normalized spacial score (nSPS) is 13.1. The van der Waals surface area contributed by atoms with Gasteiger partial charge in [-0.3, -0.25) is 4.98 Å². The van der Waals surface area contributed by atoms with E-state index in [2.05, 4.69) is 286 Å². The lowest BCUT2D eigenvalue weighted by atomic mass is 9.79. The highest BCUT2D eigenvalue weighted by atomic mass is 15.0. The van der Waals surface area contributed by atoms with Crippen LogP contribution in [0, 0.1) is 0 Å². The molecule has 11 aromatic rings. The van der Waals surface area contributed by atoms with Crippen molar-refractivity contribution in [3.8, 4) is 56.7 Å². The van der Waals surface area contributed by atoms with Crippen molar-refractivity contribution < 1.29 is 0 Å². The molecule has 0 bridgehead atoms. The Hall–Kier alpha value is -7.70. The number of aromatic nitrogens is 6. The monoisotopic (exact) mass is 1050 g/mol. The summed E-state index contributed by atoms with van der Waals surface area (Å²) in [6.07, 6.45) is 3.98. The van der Waals surface area contributed by atoms with E-state index < -0.39 is 0 Å². The van der Waals surface area contributed by atoms with Crippen molar-refractivity contribution in [1.29, 1.82) is 0 Å². The second-order valence-corrected chi connectivity index (χ2v) is 28.7. The second-order valence-electron chi connectivity index (χ2n) is 28.7. The maximum Gasteiger partial charge on any atom is 0.164 e. The number of nitrogens with zero attached hydrogens (tertiary/aromatic N) is 6. The molecule has 0 amide bonds. The first kappa shape index (κ1) is 54.3. The standard InChI is InChI=1S/C74H80N6/c1-69(2,3)48-28-31-63-57(42-48)54-23-19-21-25-60(54)79(63)62-30-27-45(39-56(62)59-44-75-34-33-65(59)80-61-26-22-20-24-55(61)58-43-49(70(4,5)6)29-32-64(58)80)66-76-67(46-35-50(71(7,8)9)40-51(36-46)72(10,11)12)78-68(77-66)47-37-52(73(13,14)15)41-53(38-47)74(16,17)18/h19-44H,1-18H3. The van der Waals surface area contributed by atoms with Crippen LogP contribution in [0.5, 0.6) is 0 Å². The zero-order chi connectivity index (χ0) is 57.2. The van der Waals surface area contributed by atoms with Gasteiger partial charge in [0, 0.05) is 61.8 Å². The van der Waals surface area contributed by atoms with Crippen LogP contribution in [0.3, 0.4) is 0 Å². The minimum Gasteiger partial charge on any atom is -0.309 e. The Morgan fingerprint density at radius 3 is 1.05 bits per heavy atom. The van der Waals surface area contributed by atoms with Crippen molar-refractivity contribution in [1.82, 2.24) is 29.1 Å². The van der Waals surface area contributed by atoms with E-state index in [1.165, 1.54) is 54.9 Å². The van der Waals surface area contributed by atoms with Crippen LogP contribution in [0.15, 0.2) is 158 Å². The Balaban J connectivity index is 1.25. The van der Waals surface area contributed by atoms with E-state index in [4.69, 9.17) is 19.9 Å². The molecule has 0 saturated heterocycles. The summed E-state index contributed by atoms with van der Waals surface area (Å²) < 4.78 is 4.89. The van der Waals surface area contributed by atoms with Crippen LogP contribution in [-0.4, -0.2) is 29.1 Å². The molecular weight excluding hydrogens is 973 g/mol. The van der Waals surface area contributed by atoms with Gasteiger partial charge < -0.3 is 9.13 Å². The second kappa shape index (κ2) is 19.0. The molecule has 0 unspecified atom stereocenters.